The molecule has 2 atom stereocenters. The summed E-state index contributed by atoms with van der Waals surface area (Å²) in [6.07, 6.45) is 3.85. The zero-order valence-corrected chi connectivity index (χ0v) is 12.3. The highest BCUT2D eigenvalue weighted by molar-refractivity contribution is 5.87. The van der Waals surface area contributed by atoms with Crippen LogP contribution >= 0.6 is 0 Å². The third-order valence-electron chi connectivity index (χ3n) is 4.41. The Morgan fingerprint density at radius 3 is 2.62 bits per heavy atom. The van der Waals surface area contributed by atoms with Crippen LogP contribution in [0.3, 0.4) is 0 Å². The summed E-state index contributed by atoms with van der Waals surface area (Å²) in [5.41, 5.74) is 0. The van der Waals surface area contributed by atoms with Gasteiger partial charge in [-0.05, 0) is 45.3 Å². The lowest BCUT2D eigenvalue weighted by molar-refractivity contribution is -0.143. The van der Waals surface area contributed by atoms with Crippen molar-refractivity contribution in [1.82, 2.24) is 15.5 Å². The number of carboxylic acids is 1. The molecule has 2 aliphatic rings. The number of likely N-dealkylation sites (tertiary alicyclic amines) is 1. The van der Waals surface area contributed by atoms with Gasteiger partial charge in [-0.15, -0.1) is 0 Å². The van der Waals surface area contributed by atoms with E-state index < -0.39 is 12.0 Å². The van der Waals surface area contributed by atoms with E-state index in [0.717, 1.165) is 45.3 Å². The summed E-state index contributed by atoms with van der Waals surface area (Å²) in [7, 11) is 0. The van der Waals surface area contributed by atoms with Gasteiger partial charge in [0.2, 0.25) is 5.91 Å². The number of nitrogens with zero attached hydrogens (tertiary/aromatic N) is 1. The molecule has 2 rings (SSSR count). The molecular formula is C14H25N3O4. The highest BCUT2D eigenvalue weighted by atomic mass is 16.4. The number of aliphatic carboxylic acids is 1. The molecule has 1 unspecified atom stereocenters. The Hall–Kier alpha value is -1.18. The second kappa shape index (κ2) is 7.72. The monoisotopic (exact) mass is 299 g/mol. The number of carbonyl (C=O) groups is 2. The number of aliphatic hydroxyl groups excluding tert-OH is 1. The van der Waals surface area contributed by atoms with Crippen LogP contribution in [-0.2, 0) is 9.59 Å². The minimum Gasteiger partial charge on any atom is -0.480 e. The lowest BCUT2D eigenvalue weighted by Gasteiger charge is -2.35. The van der Waals surface area contributed by atoms with E-state index >= 15 is 0 Å². The third kappa shape index (κ3) is 4.15. The molecule has 0 radical (unpaired) electrons. The lowest BCUT2D eigenvalue weighted by atomic mass is 10.0. The van der Waals surface area contributed by atoms with Crippen LogP contribution in [0.1, 0.15) is 32.1 Å². The Labute approximate surface area is 124 Å². The highest BCUT2D eigenvalue weighted by Gasteiger charge is 2.36. The summed E-state index contributed by atoms with van der Waals surface area (Å²) in [5.74, 6) is -1.31. The Bertz CT molecular complexity index is 371. The Morgan fingerprint density at radius 2 is 2.00 bits per heavy atom. The normalized spacial score (nSPS) is 25.7. The summed E-state index contributed by atoms with van der Waals surface area (Å²) in [6, 6.07) is -0.822. The number of rotatable bonds is 6. The van der Waals surface area contributed by atoms with Gasteiger partial charge < -0.3 is 20.8 Å². The molecule has 2 fully saturated rings. The van der Waals surface area contributed by atoms with Crippen molar-refractivity contribution >= 4 is 11.9 Å². The van der Waals surface area contributed by atoms with E-state index in [-0.39, 0.29) is 25.0 Å². The fourth-order valence-corrected chi connectivity index (χ4v) is 3.30. The van der Waals surface area contributed by atoms with Crippen LogP contribution in [0.5, 0.6) is 0 Å². The summed E-state index contributed by atoms with van der Waals surface area (Å²) >= 11 is 0. The molecule has 0 spiro atoms. The van der Waals surface area contributed by atoms with Gasteiger partial charge in [0.05, 0.1) is 6.04 Å². The first kappa shape index (κ1) is 16.2. The van der Waals surface area contributed by atoms with Gasteiger partial charge in [0.25, 0.3) is 0 Å². The van der Waals surface area contributed by atoms with Crippen molar-refractivity contribution in [3.63, 3.8) is 0 Å². The number of carboxylic acid groups (broad SMARTS) is 1. The average Bonchev–Trinajstić information content (AvgIpc) is 2.97. The molecule has 0 saturated carbocycles. The summed E-state index contributed by atoms with van der Waals surface area (Å²) < 4.78 is 0. The molecule has 120 valence electrons. The molecule has 0 aromatic rings. The Kier molecular flexibility index (Phi) is 5.96. The molecule has 2 saturated heterocycles. The van der Waals surface area contributed by atoms with Crippen LogP contribution in [0.2, 0.25) is 0 Å². The van der Waals surface area contributed by atoms with Crippen LogP contribution in [-0.4, -0.2) is 71.4 Å². The van der Waals surface area contributed by atoms with E-state index in [2.05, 4.69) is 15.5 Å². The van der Waals surface area contributed by atoms with Crippen LogP contribution in [0.4, 0.5) is 0 Å². The third-order valence-corrected chi connectivity index (χ3v) is 4.41. The second-order valence-corrected chi connectivity index (χ2v) is 5.79. The van der Waals surface area contributed by atoms with Gasteiger partial charge in [-0.2, -0.15) is 0 Å². The molecule has 21 heavy (non-hydrogen) atoms. The number of piperidine rings is 1. The fraction of sp³-hybridized carbons (Fsp3) is 0.857. The smallest absolute Gasteiger partial charge is 0.326 e. The minimum atomic E-state index is -1.09. The zero-order valence-electron chi connectivity index (χ0n) is 12.3. The molecule has 0 aromatic heterocycles. The van der Waals surface area contributed by atoms with Crippen molar-refractivity contribution in [3.05, 3.63) is 0 Å². The van der Waals surface area contributed by atoms with Crippen molar-refractivity contribution in [2.45, 2.75) is 50.2 Å². The van der Waals surface area contributed by atoms with E-state index in [1.54, 1.807) is 0 Å². The van der Waals surface area contributed by atoms with Crippen molar-refractivity contribution < 1.29 is 19.8 Å². The van der Waals surface area contributed by atoms with Gasteiger partial charge in [-0.1, -0.05) is 0 Å². The highest BCUT2D eigenvalue weighted by Crippen LogP contribution is 2.24. The van der Waals surface area contributed by atoms with E-state index in [4.69, 9.17) is 10.2 Å². The molecule has 7 heteroatoms. The standard InChI is InChI=1S/C14H25N3O4/c18-9-5-11(14(20)21)16-13(19)12-2-1-8-17(12)10-3-6-15-7-4-10/h10-12,15,18H,1-9H2,(H,16,19)(H,20,21)/t11-,12?/m1/s1. The van der Waals surface area contributed by atoms with E-state index in [1.807, 2.05) is 0 Å². The second-order valence-electron chi connectivity index (χ2n) is 5.79. The molecule has 4 N–H and O–H groups in total. The van der Waals surface area contributed by atoms with Gasteiger partial charge in [-0.25, -0.2) is 4.79 Å². The predicted molar refractivity (Wildman–Crippen MR) is 76.9 cm³/mol. The maximum Gasteiger partial charge on any atom is 0.326 e. The maximum absolute atomic E-state index is 12.4. The molecular weight excluding hydrogens is 274 g/mol. The summed E-state index contributed by atoms with van der Waals surface area (Å²) in [4.78, 5) is 25.7. The fourth-order valence-electron chi connectivity index (χ4n) is 3.30. The predicted octanol–water partition coefficient (Wildman–Crippen LogP) is -0.845. The number of nitrogens with one attached hydrogen (secondary N) is 2. The topological polar surface area (TPSA) is 102 Å². The first-order valence-corrected chi connectivity index (χ1v) is 7.74. The summed E-state index contributed by atoms with van der Waals surface area (Å²) in [6.45, 7) is 2.59. The van der Waals surface area contributed by atoms with E-state index in [9.17, 15) is 9.59 Å². The van der Waals surface area contributed by atoms with E-state index in [0.29, 0.717) is 6.04 Å². The Morgan fingerprint density at radius 1 is 1.29 bits per heavy atom. The first-order chi connectivity index (χ1) is 10.1. The SMILES string of the molecule is O=C(N[C@H](CCO)C(=O)O)C1CCCN1C1CCNCC1. The van der Waals surface area contributed by atoms with Crippen LogP contribution < -0.4 is 10.6 Å². The molecule has 0 aliphatic carbocycles. The number of amides is 1. The average molecular weight is 299 g/mol. The number of aliphatic hydroxyl groups is 1. The molecule has 0 bridgehead atoms. The van der Waals surface area contributed by atoms with E-state index in [1.165, 1.54) is 0 Å². The van der Waals surface area contributed by atoms with Crippen molar-refractivity contribution in [3.8, 4) is 0 Å². The minimum absolute atomic E-state index is 0.0428. The molecule has 0 aromatic carbocycles. The van der Waals surface area contributed by atoms with Gasteiger partial charge in [0.1, 0.15) is 6.04 Å². The zero-order chi connectivity index (χ0) is 15.2. The van der Waals surface area contributed by atoms with Crippen LogP contribution in [0.25, 0.3) is 0 Å². The van der Waals surface area contributed by atoms with Gasteiger partial charge in [0, 0.05) is 19.1 Å². The van der Waals surface area contributed by atoms with Crippen LogP contribution in [0.15, 0.2) is 0 Å². The quantitative estimate of drug-likeness (QED) is 0.510. The van der Waals surface area contributed by atoms with Crippen LogP contribution in [0, 0.1) is 0 Å². The molecule has 7 nitrogen and oxygen atoms in total. The number of carbonyl (C=O) groups excluding carboxylic acids is 1. The van der Waals surface area contributed by atoms with Crippen molar-refractivity contribution in [2.24, 2.45) is 0 Å². The Balaban J connectivity index is 1.94. The van der Waals surface area contributed by atoms with Crippen molar-refractivity contribution in [2.75, 3.05) is 26.2 Å². The van der Waals surface area contributed by atoms with Gasteiger partial charge >= 0.3 is 5.97 Å². The first-order valence-electron chi connectivity index (χ1n) is 7.74. The largest absolute Gasteiger partial charge is 0.480 e. The maximum atomic E-state index is 12.4. The molecule has 2 aliphatic heterocycles. The number of hydrogen-bond donors (Lipinski definition) is 4. The molecule has 2 heterocycles. The molecule has 1 amide bonds. The van der Waals surface area contributed by atoms with Gasteiger partial charge in [0.15, 0.2) is 0 Å². The summed E-state index contributed by atoms with van der Waals surface area (Å²) in [5, 5.41) is 23.8. The van der Waals surface area contributed by atoms with Gasteiger partial charge in [-0.3, -0.25) is 9.69 Å². The number of hydrogen-bond acceptors (Lipinski definition) is 5. The lowest BCUT2D eigenvalue weighted by Crippen LogP contribution is -2.53. The van der Waals surface area contributed by atoms with Crippen molar-refractivity contribution in [1.29, 1.82) is 0 Å².